The molecule has 0 saturated heterocycles. The summed E-state index contributed by atoms with van der Waals surface area (Å²) in [5.41, 5.74) is 0. The van der Waals surface area contributed by atoms with Gasteiger partial charge in [-0.05, 0) is 25.5 Å². The third-order valence-corrected chi connectivity index (χ3v) is 4.52. The van der Waals surface area contributed by atoms with Gasteiger partial charge in [-0.2, -0.15) is 11.8 Å². The zero-order chi connectivity index (χ0) is 13.4. The summed E-state index contributed by atoms with van der Waals surface area (Å²) in [6, 6.07) is 0.308. The topological polar surface area (TPSA) is 50.4 Å². The maximum Gasteiger partial charge on any atom is 0.315 e. The molecule has 5 heteroatoms. The van der Waals surface area contributed by atoms with Gasteiger partial charge in [0.15, 0.2) is 0 Å². The van der Waals surface area contributed by atoms with Crippen LogP contribution in [0.25, 0.3) is 0 Å². The number of hydrogen-bond acceptors (Lipinski definition) is 3. The first-order chi connectivity index (χ1) is 8.67. The molecule has 3 atom stereocenters. The minimum Gasteiger partial charge on any atom is -0.383 e. The van der Waals surface area contributed by atoms with Crippen LogP contribution in [0.1, 0.15) is 39.5 Å². The van der Waals surface area contributed by atoms with Crippen molar-refractivity contribution in [1.82, 2.24) is 10.6 Å². The Morgan fingerprint density at radius 1 is 1.44 bits per heavy atom. The molecule has 0 aromatic carbocycles. The molecule has 4 nitrogen and oxygen atoms in total. The molecule has 1 aliphatic carbocycles. The smallest absolute Gasteiger partial charge is 0.315 e. The molecule has 1 saturated carbocycles. The summed E-state index contributed by atoms with van der Waals surface area (Å²) in [6.07, 6.45) is 4.83. The lowest BCUT2D eigenvalue weighted by Crippen LogP contribution is -2.50. The van der Waals surface area contributed by atoms with Gasteiger partial charge in [-0.15, -0.1) is 0 Å². The first kappa shape index (κ1) is 15.6. The van der Waals surface area contributed by atoms with Gasteiger partial charge in [0.25, 0.3) is 0 Å². The molecule has 0 heterocycles. The number of urea groups is 1. The molecule has 0 aromatic rings. The number of thioether (sulfide) groups is 1. The standard InChI is InChI=1S/C13H26N2O2S/c1-4-18-12-8-6-5-7-11(12)15-13(16)14-10(2)9-17-3/h10-12H,4-9H2,1-3H3,(H2,14,15,16)/t10-,11+,12+/m0/s1. The van der Waals surface area contributed by atoms with E-state index in [1.807, 2.05) is 18.7 Å². The van der Waals surface area contributed by atoms with E-state index in [1.54, 1.807) is 7.11 Å². The molecule has 2 N–H and O–H groups in total. The van der Waals surface area contributed by atoms with Crippen LogP contribution in [0, 0.1) is 0 Å². The SMILES string of the molecule is CCS[C@@H]1CCCC[C@H]1NC(=O)N[C@@H](C)COC. The number of carbonyl (C=O) groups is 1. The van der Waals surface area contributed by atoms with E-state index in [-0.39, 0.29) is 12.1 Å². The Morgan fingerprint density at radius 2 is 2.17 bits per heavy atom. The second-order valence-electron chi connectivity index (χ2n) is 4.86. The fraction of sp³-hybridized carbons (Fsp3) is 0.923. The predicted molar refractivity (Wildman–Crippen MR) is 77.2 cm³/mol. The second-order valence-corrected chi connectivity index (χ2v) is 6.38. The highest BCUT2D eigenvalue weighted by Gasteiger charge is 2.26. The van der Waals surface area contributed by atoms with Crippen molar-refractivity contribution in [3.63, 3.8) is 0 Å². The summed E-state index contributed by atoms with van der Waals surface area (Å²) in [4.78, 5) is 11.9. The Bertz CT molecular complexity index is 249. The lowest BCUT2D eigenvalue weighted by atomic mass is 9.95. The number of methoxy groups -OCH3 is 1. The number of nitrogens with one attached hydrogen (secondary N) is 2. The molecule has 0 aliphatic heterocycles. The number of ether oxygens (including phenoxy) is 1. The van der Waals surface area contributed by atoms with Crippen molar-refractivity contribution < 1.29 is 9.53 Å². The van der Waals surface area contributed by atoms with E-state index < -0.39 is 0 Å². The van der Waals surface area contributed by atoms with E-state index in [9.17, 15) is 4.79 Å². The van der Waals surface area contributed by atoms with Crippen LogP contribution < -0.4 is 10.6 Å². The highest BCUT2D eigenvalue weighted by molar-refractivity contribution is 7.99. The minimum absolute atomic E-state index is 0.0517. The van der Waals surface area contributed by atoms with E-state index in [1.165, 1.54) is 19.3 Å². The highest BCUT2D eigenvalue weighted by atomic mass is 32.2. The zero-order valence-corrected chi connectivity index (χ0v) is 12.5. The van der Waals surface area contributed by atoms with Gasteiger partial charge in [-0.3, -0.25) is 0 Å². The maximum atomic E-state index is 11.9. The molecule has 0 bridgehead atoms. The Balaban J connectivity index is 2.36. The van der Waals surface area contributed by atoms with Gasteiger partial charge in [-0.25, -0.2) is 4.79 Å². The first-order valence-corrected chi connectivity index (χ1v) is 7.89. The third kappa shape index (κ3) is 5.48. The van der Waals surface area contributed by atoms with E-state index in [0.29, 0.717) is 17.9 Å². The molecule has 18 heavy (non-hydrogen) atoms. The molecule has 1 fully saturated rings. The van der Waals surface area contributed by atoms with Crippen molar-refractivity contribution in [2.45, 2.75) is 56.9 Å². The fourth-order valence-electron chi connectivity index (χ4n) is 2.40. The van der Waals surface area contributed by atoms with Crippen molar-refractivity contribution in [1.29, 1.82) is 0 Å². The molecule has 0 spiro atoms. The minimum atomic E-state index is -0.0619. The Hall–Kier alpha value is -0.420. The van der Waals surface area contributed by atoms with Gasteiger partial charge in [0.1, 0.15) is 0 Å². The van der Waals surface area contributed by atoms with Crippen LogP contribution in [-0.2, 0) is 4.74 Å². The number of amides is 2. The number of carbonyl (C=O) groups excluding carboxylic acids is 1. The Labute approximate surface area is 115 Å². The Morgan fingerprint density at radius 3 is 2.83 bits per heavy atom. The zero-order valence-electron chi connectivity index (χ0n) is 11.7. The largest absolute Gasteiger partial charge is 0.383 e. The summed E-state index contributed by atoms with van der Waals surface area (Å²) < 4.78 is 5.01. The quantitative estimate of drug-likeness (QED) is 0.782. The van der Waals surface area contributed by atoms with Crippen LogP contribution in [0.3, 0.4) is 0 Å². The summed E-state index contributed by atoms with van der Waals surface area (Å²) in [7, 11) is 1.64. The maximum absolute atomic E-state index is 11.9. The monoisotopic (exact) mass is 274 g/mol. The summed E-state index contributed by atoms with van der Waals surface area (Å²) >= 11 is 1.96. The van der Waals surface area contributed by atoms with Crippen LogP contribution in [0.15, 0.2) is 0 Å². The fourth-order valence-corrected chi connectivity index (χ4v) is 3.60. The van der Waals surface area contributed by atoms with Crippen molar-refractivity contribution in [3.8, 4) is 0 Å². The van der Waals surface area contributed by atoms with Gasteiger partial charge in [-0.1, -0.05) is 19.8 Å². The van der Waals surface area contributed by atoms with Crippen LogP contribution in [-0.4, -0.2) is 42.8 Å². The van der Waals surface area contributed by atoms with E-state index in [2.05, 4.69) is 17.6 Å². The predicted octanol–water partition coefficient (Wildman–Crippen LogP) is 2.38. The molecular formula is C13H26N2O2S. The summed E-state index contributed by atoms with van der Waals surface area (Å²) in [6.45, 7) is 4.67. The van der Waals surface area contributed by atoms with E-state index in [0.717, 1.165) is 12.2 Å². The van der Waals surface area contributed by atoms with Gasteiger partial charge < -0.3 is 15.4 Å². The van der Waals surface area contributed by atoms with Gasteiger partial charge in [0, 0.05) is 18.4 Å². The molecule has 106 valence electrons. The van der Waals surface area contributed by atoms with Crippen molar-refractivity contribution >= 4 is 17.8 Å². The normalized spacial score (nSPS) is 25.5. The average Bonchev–Trinajstić information content (AvgIpc) is 2.32. The first-order valence-electron chi connectivity index (χ1n) is 6.85. The van der Waals surface area contributed by atoms with Crippen LogP contribution >= 0.6 is 11.8 Å². The highest BCUT2D eigenvalue weighted by Crippen LogP contribution is 2.28. The van der Waals surface area contributed by atoms with Crippen LogP contribution in [0.5, 0.6) is 0 Å². The number of rotatable bonds is 6. The molecule has 0 aromatic heterocycles. The molecule has 2 amide bonds. The third-order valence-electron chi connectivity index (χ3n) is 3.19. The van der Waals surface area contributed by atoms with Crippen molar-refractivity contribution in [2.24, 2.45) is 0 Å². The van der Waals surface area contributed by atoms with Gasteiger partial charge >= 0.3 is 6.03 Å². The van der Waals surface area contributed by atoms with E-state index >= 15 is 0 Å². The average molecular weight is 274 g/mol. The molecule has 1 aliphatic rings. The molecule has 0 unspecified atom stereocenters. The lowest BCUT2D eigenvalue weighted by Gasteiger charge is -2.32. The Kier molecular flexibility index (Phi) is 7.51. The lowest BCUT2D eigenvalue weighted by molar-refractivity contribution is 0.169. The second kappa shape index (κ2) is 8.64. The van der Waals surface area contributed by atoms with Gasteiger partial charge in [0.05, 0.1) is 12.6 Å². The van der Waals surface area contributed by atoms with Crippen molar-refractivity contribution in [2.75, 3.05) is 19.5 Å². The summed E-state index contributed by atoms with van der Waals surface area (Å²) in [5, 5.41) is 6.60. The van der Waals surface area contributed by atoms with Gasteiger partial charge in [0.2, 0.25) is 0 Å². The summed E-state index contributed by atoms with van der Waals surface area (Å²) in [5.74, 6) is 1.12. The van der Waals surface area contributed by atoms with Crippen LogP contribution in [0.2, 0.25) is 0 Å². The molecular weight excluding hydrogens is 248 g/mol. The number of hydrogen-bond donors (Lipinski definition) is 2. The van der Waals surface area contributed by atoms with E-state index in [4.69, 9.17) is 4.74 Å². The van der Waals surface area contributed by atoms with Crippen LogP contribution in [0.4, 0.5) is 4.79 Å². The molecule has 0 radical (unpaired) electrons. The molecule has 1 rings (SSSR count). The van der Waals surface area contributed by atoms with Crippen molar-refractivity contribution in [3.05, 3.63) is 0 Å².